The minimum atomic E-state index is -0.705. The Kier molecular flexibility index (Phi) is 3.09. The number of imidazole rings is 1. The van der Waals surface area contributed by atoms with Crippen LogP contribution in [0.2, 0.25) is 0 Å². The number of carboxylic acids is 1. The fourth-order valence-corrected chi connectivity index (χ4v) is 3.22. The van der Waals surface area contributed by atoms with E-state index >= 15 is 0 Å². The molecule has 1 aliphatic carbocycles. The summed E-state index contributed by atoms with van der Waals surface area (Å²) in [4.78, 5) is 15.8. The summed E-state index contributed by atoms with van der Waals surface area (Å²) in [6.07, 6.45) is 3.21. The van der Waals surface area contributed by atoms with Crippen LogP contribution in [0.1, 0.15) is 43.1 Å². The van der Waals surface area contributed by atoms with Crippen LogP contribution in [0.5, 0.6) is 0 Å². The normalized spacial score (nSPS) is 30.3. The first-order valence-corrected chi connectivity index (χ1v) is 6.96. The molecular formula is C14H20N2O3. The second-order valence-electron chi connectivity index (χ2n) is 5.76. The van der Waals surface area contributed by atoms with Crippen molar-refractivity contribution in [2.75, 3.05) is 6.61 Å². The average molecular weight is 264 g/mol. The van der Waals surface area contributed by atoms with Crippen molar-refractivity contribution in [2.45, 2.75) is 38.7 Å². The number of fused-ring (bicyclic) bond motifs is 1. The molecule has 5 nitrogen and oxygen atoms in total. The van der Waals surface area contributed by atoms with E-state index < -0.39 is 5.97 Å². The molecule has 104 valence electrons. The summed E-state index contributed by atoms with van der Waals surface area (Å²) >= 11 is 0. The van der Waals surface area contributed by atoms with Gasteiger partial charge in [-0.3, -0.25) is 4.79 Å². The van der Waals surface area contributed by atoms with Crippen LogP contribution < -0.4 is 0 Å². The van der Waals surface area contributed by atoms with Crippen LogP contribution in [0.4, 0.5) is 0 Å². The second-order valence-corrected chi connectivity index (χ2v) is 5.76. The molecule has 2 heterocycles. The molecule has 3 rings (SSSR count). The summed E-state index contributed by atoms with van der Waals surface area (Å²) in [7, 11) is 2.02. The molecule has 3 unspecified atom stereocenters. The third-order valence-corrected chi connectivity index (χ3v) is 4.49. The Morgan fingerprint density at radius 1 is 1.47 bits per heavy atom. The van der Waals surface area contributed by atoms with Crippen LogP contribution in [0, 0.1) is 11.8 Å². The van der Waals surface area contributed by atoms with E-state index in [2.05, 4.69) is 11.5 Å². The predicted molar refractivity (Wildman–Crippen MR) is 68.8 cm³/mol. The lowest BCUT2D eigenvalue weighted by Crippen LogP contribution is -2.22. The Morgan fingerprint density at radius 3 is 2.89 bits per heavy atom. The number of aromatic nitrogens is 2. The average Bonchev–Trinajstić information content (AvgIpc) is 2.93. The number of nitrogens with zero attached hydrogens (tertiary/aromatic N) is 2. The summed E-state index contributed by atoms with van der Waals surface area (Å²) in [6, 6.07) is 0. The highest BCUT2D eigenvalue weighted by Crippen LogP contribution is 2.36. The number of carbonyl (C=O) groups is 1. The van der Waals surface area contributed by atoms with E-state index in [1.54, 1.807) is 0 Å². The van der Waals surface area contributed by atoms with Crippen LogP contribution in [-0.2, 0) is 29.4 Å². The summed E-state index contributed by atoms with van der Waals surface area (Å²) in [6.45, 7) is 2.98. The van der Waals surface area contributed by atoms with Gasteiger partial charge >= 0.3 is 5.97 Å². The standard InChI is InChI=1S/C14H20N2O3/c1-8-5-6-19-12(8)13-15-10-7-9(14(17)18)3-4-11(10)16(13)2/h8-9,12H,3-7H2,1-2H3,(H,17,18). The molecule has 0 aromatic carbocycles. The first-order valence-electron chi connectivity index (χ1n) is 6.96. The first kappa shape index (κ1) is 12.7. The number of hydrogen-bond acceptors (Lipinski definition) is 3. The van der Waals surface area contributed by atoms with Gasteiger partial charge in [0.05, 0.1) is 11.6 Å². The number of carboxylic acid groups (broad SMARTS) is 1. The maximum Gasteiger partial charge on any atom is 0.306 e. The first-order chi connectivity index (χ1) is 9.08. The Hall–Kier alpha value is -1.36. The molecule has 0 bridgehead atoms. The molecule has 1 N–H and O–H groups in total. The van der Waals surface area contributed by atoms with Gasteiger partial charge in [-0.2, -0.15) is 0 Å². The molecular weight excluding hydrogens is 244 g/mol. The maximum absolute atomic E-state index is 11.1. The van der Waals surface area contributed by atoms with Crippen molar-refractivity contribution in [2.24, 2.45) is 18.9 Å². The monoisotopic (exact) mass is 264 g/mol. The van der Waals surface area contributed by atoms with Crippen LogP contribution in [0.15, 0.2) is 0 Å². The summed E-state index contributed by atoms with van der Waals surface area (Å²) < 4.78 is 7.91. The van der Waals surface area contributed by atoms with E-state index in [1.165, 1.54) is 5.69 Å². The lowest BCUT2D eigenvalue weighted by Gasteiger charge is -2.18. The molecule has 1 aromatic heterocycles. The maximum atomic E-state index is 11.1. The topological polar surface area (TPSA) is 64.4 Å². The van der Waals surface area contributed by atoms with Gasteiger partial charge in [-0.25, -0.2) is 4.98 Å². The quantitative estimate of drug-likeness (QED) is 0.883. The fraction of sp³-hybridized carbons (Fsp3) is 0.714. The van der Waals surface area contributed by atoms with Gasteiger partial charge in [0, 0.05) is 25.8 Å². The lowest BCUT2D eigenvalue weighted by atomic mass is 9.90. The summed E-state index contributed by atoms with van der Waals surface area (Å²) in [5.74, 6) is 0.472. The zero-order valence-electron chi connectivity index (χ0n) is 11.4. The Balaban J connectivity index is 1.91. The third-order valence-electron chi connectivity index (χ3n) is 4.49. The van der Waals surface area contributed by atoms with Gasteiger partial charge in [0.25, 0.3) is 0 Å². The third kappa shape index (κ3) is 2.06. The molecule has 1 fully saturated rings. The van der Waals surface area contributed by atoms with Crippen LogP contribution >= 0.6 is 0 Å². The van der Waals surface area contributed by atoms with Crippen molar-refractivity contribution in [3.05, 3.63) is 17.2 Å². The molecule has 0 saturated carbocycles. The van der Waals surface area contributed by atoms with Crippen LogP contribution in [0.25, 0.3) is 0 Å². The lowest BCUT2D eigenvalue weighted by molar-refractivity contribution is -0.142. The van der Waals surface area contributed by atoms with Gasteiger partial charge in [-0.05, 0) is 25.2 Å². The molecule has 3 atom stereocenters. The molecule has 5 heteroatoms. The van der Waals surface area contributed by atoms with Crippen molar-refractivity contribution in [1.29, 1.82) is 0 Å². The largest absolute Gasteiger partial charge is 0.481 e. The molecule has 2 aliphatic rings. The zero-order valence-corrected chi connectivity index (χ0v) is 11.4. The van der Waals surface area contributed by atoms with Gasteiger partial charge in [0.15, 0.2) is 0 Å². The molecule has 19 heavy (non-hydrogen) atoms. The van der Waals surface area contributed by atoms with E-state index in [0.717, 1.165) is 31.0 Å². The van der Waals surface area contributed by atoms with E-state index in [1.807, 2.05) is 7.05 Å². The minimum absolute atomic E-state index is 0.0684. The highest BCUT2D eigenvalue weighted by atomic mass is 16.5. The number of hydrogen-bond donors (Lipinski definition) is 1. The van der Waals surface area contributed by atoms with Crippen molar-refractivity contribution in [3.8, 4) is 0 Å². The Morgan fingerprint density at radius 2 is 2.26 bits per heavy atom. The zero-order chi connectivity index (χ0) is 13.6. The molecule has 0 amide bonds. The van der Waals surface area contributed by atoms with Crippen molar-refractivity contribution < 1.29 is 14.6 Å². The molecule has 0 radical (unpaired) electrons. The second kappa shape index (κ2) is 4.63. The van der Waals surface area contributed by atoms with Gasteiger partial charge in [0.1, 0.15) is 11.9 Å². The Bertz CT molecular complexity index is 509. The molecule has 1 saturated heterocycles. The van der Waals surface area contributed by atoms with Gasteiger partial charge < -0.3 is 14.4 Å². The van der Waals surface area contributed by atoms with E-state index in [9.17, 15) is 4.79 Å². The molecule has 1 aromatic rings. The summed E-state index contributed by atoms with van der Waals surface area (Å²) in [5.41, 5.74) is 2.15. The van der Waals surface area contributed by atoms with Crippen LogP contribution in [-0.4, -0.2) is 27.2 Å². The van der Waals surface area contributed by atoms with Crippen LogP contribution in [0.3, 0.4) is 0 Å². The number of rotatable bonds is 2. The van der Waals surface area contributed by atoms with Crippen molar-refractivity contribution in [3.63, 3.8) is 0 Å². The molecule has 1 aliphatic heterocycles. The molecule has 0 spiro atoms. The fourth-order valence-electron chi connectivity index (χ4n) is 3.22. The van der Waals surface area contributed by atoms with E-state index in [4.69, 9.17) is 14.8 Å². The number of aliphatic carboxylic acids is 1. The van der Waals surface area contributed by atoms with E-state index in [-0.39, 0.29) is 12.0 Å². The van der Waals surface area contributed by atoms with Crippen molar-refractivity contribution >= 4 is 5.97 Å². The highest BCUT2D eigenvalue weighted by Gasteiger charge is 2.34. The predicted octanol–water partition coefficient (Wildman–Crippen LogP) is 1.71. The van der Waals surface area contributed by atoms with Gasteiger partial charge in [-0.1, -0.05) is 6.92 Å². The smallest absolute Gasteiger partial charge is 0.306 e. The SMILES string of the molecule is CC1CCOC1c1nc2c(n1C)CCC(C(=O)O)C2. The summed E-state index contributed by atoms with van der Waals surface area (Å²) in [5, 5.41) is 9.13. The number of ether oxygens (including phenoxy) is 1. The van der Waals surface area contributed by atoms with Gasteiger partial charge in [0.2, 0.25) is 0 Å². The van der Waals surface area contributed by atoms with Gasteiger partial charge in [-0.15, -0.1) is 0 Å². The Labute approximate surface area is 112 Å². The minimum Gasteiger partial charge on any atom is -0.481 e. The van der Waals surface area contributed by atoms with E-state index in [0.29, 0.717) is 18.8 Å². The van der Waals surface area contributed by atoms with Crippen molar-refractivity contribution in [1.82, 2.24) is 9.55 Å². The highest BCUT2D eigenvalue weighted by molar-refractivity contribution is 5.70.